The smallest absolute Gasteiger partial charge is 0.307 e. The third kappa shape index (κ3) is 7.30. The normalized spacial score (nSPS) is 15.5. The van der Waals surface area contributed by atoms with Crippen LogP contribution in [0.15, 0.2) is 67.0 Å². The van der Waals surface area contributed by atoms with Crippen molar-refractivity contribution in [3.63, 3.8) is 0 Å². The van der Waals surface area contributed by atoms with E-state index < -0.39 is 0 Å². The Morgan fingerprint density at radius 1 is 1.00 bits per heavy atom. The molecule has 11 heteroatoms. The number of pyridine rings is 1. The quantitative estimate of drug-likeness (QED) is 0.278. The van der Waals surface area contributed by atoms with Gasteiger partial charge >= 0.3 is 5.97 Å². The van der Waals surface area contributed by atoms with Crippen LogP contribution < -0.4 is 16.0 Å². The van der Waals surface area contributed by atoms with Crippen molar-refractivity contribution in [3.8, 4) is 11.5 Å². The number of esters is 1. The average Bonchev–Trinajstić information content (AvgIpc) is 2.95. The molecule has 1 aliphatic rings. The van der Waals surface area contributed by atoms with Gasteiger partial charge in [-0.05, 0) is 48.9 Å². The minimum absolute atomic E-state index is 0.110. The standard InChI is InChI=1S/C28H31N9O2/c1-19-4-3-5-23(32-19)27-30-12-10-24(35-27)34-25-11-13-31-28(36-25)33-21-8-6-20(7-9-21)17-37-15-14-29-22(18-37)16-26(38)39-2/h3-13,22,29H,14-18H2,1-2H3,(H2,30,31,33,34,35,36). The van der Waals surface area contributed by atoms with Gasteiger partial charge in [-0.1, -0.05) is 18.2 Å². The highest BCUT2D eigenvalue weighted by molar-refractivity contribution is 5.70. The highest BCUT2D eigenvalue weighted by Gasteiger charge is 2.22. The van der Waals surface area contributed by atoms with Gasteiger partial charge in [0.05, 0.1) is 13.5 Å². The maximum absolute atomic E-state index is 11.6. The van der Waals surface area contributed by atoms with Crippen molar-refractivity contribution < 1.29 is 9.53 Å². The van der Waals surface area contributed by atoms with E-state index in [0.29, 0.717) is 35.5 Å². The second kappa shape index (κ2) is 12.4. The van der Waals surface area contributed by atoms with Crippen LogP contribution in [0.4, 0.5) is 23.3 Å². The molecule has 0 aliphatic carbocycles. The van der Waals surface area contributed by atoms with Gasteiger partial charge in [0.25, 0.3) is 0 Å². The van der Waals surface area contributed by atoms with Crippen LogP contribution in [-0.4, -0.2) is 68.6 Å². The van der Waals surface area contributed by atoms with E-state index >= 15 is 0 Å². The van der Waals surface area contributed by atoms with Crippen LogP contribution in [0.25, 0.3) is 11.5 Å². The molecule has 11 nitrogen and oxygen atoms in total. The molecule has 3 aromatic heterocycles. The molecule has 1 unspecified atom stereocenters. The Kier molecular flexibility index (Phi) is 8.29. The Balaban J connectivity index is 1.18. The zero-order valence-corrected chi connectivity index (χ0v) is 22.0. The van der Waals surface area contributed by atoms with E-state index in [1.165, 1.54) is 12.7 Å². The van der Waals surface area contributed by atoms with Crippen molar-refractivity contribution in [3.05, 3.63) is 78.2 Å². The first kappa shape index (κ1) is 26.1. The number of hydrogen-bond acceptors (Lipinski definition) is 11. The van der Waals surface area contributed by atoms with Gasteiger partial charge in [0.1, 0.15) is 17.3 Å². The van der Waals surface area contributed by atoms with Gasteiger partial charge in [0.2, 0.25) is 5.95 Å². The van der Waals surface area contributed by atoms with Crippen LogP contribution in [0, 0.1) is 6.92 Å². The van der Waals surface area contributed by atoms with E-state index in [9.17, 15) is 4.79 Å². The summed E-state index contributed by atoms with van der Waals surface area (Å²) in [4.78, 5) is 36.3. The molecule has 1 atom stereocenters. The molecule has 4 heterocycles. The molecule has 0 saturated carbocycles. The van der Waals surface area contributed by atoms with Crippen LogP contribution >= 0.6 is 0 Å². The number of aryl methyl sites for hydroxylation is 1. The first-order chi connectivity index (χ1) is 19.0. The highest BCUT2D eigenvalue weighted by Crippen LogP contribution is 2.20. The van der Waals surface area contributed by atoms with Crippen molar-refractivity contribution in [2.24, 2.45) is 0 Å². The summed E-state index contributed by atoms with van der Waals surface area (Å²) in [5.41, 5.74) is 3.69. The number of benzene rings is 1. The van der Waals surface area contributed by atoms with E-state index in [-0.39, 0.29) is 12.0 Å². The molecule has 1 aromatic carbocycles. The lowest BCUT2D eigenvalue weighted by molar-refractivity contribution is -0.141. The minimum atomic E-state index is -0.187. The topological polar surface area (TPSA) is 130 Å². The number of ether oxygens (including phenoxy) is 1. The predicted octanol–water partition coefficient (Wildman–Crippen LogP) is 3.46. The maximum Gasteiger partial charge on any atom is 0.307 e. The molecule has 0 bridgehead atoms. The molecule has 5 rings (SSSR count). The first-order valence-corrected chi connectivity index (χ1v) is 12.8. The number of methoxy groups -OCH3 is 1. The molecule has 3 N–H and O–H groups in total. The number of carbonyl (C=O) groups excluding carboxylic acids is 1. The summed E-state index contributed by atoms with van der Waals surface area (Å²) in [5.74, 6) is 2.03. The van der Waals surface area contributed by atoms with Crippen molar-refractivity contribution >= 4 is 29.2 Å². The van der Waals surface area contributed by atoms with Crippen molar-refractivity contribution in [2.45, 2.75) is 25.9 Å². The Labute approximate surface area is 227 Å². The number of rotatable bonds is 9. The molecule has 4 aromatic rings. The SMILES string of the molecule is COC(=O)CC1CN(Cc2ccc(Nc3nccc(Nc4ccnc(-c5cccc(C)n5)n4)n3)cc2)CCN1. The predicted molar refractivity (Wildman–Crippen MR) is 149 cm³/mol. The molecule has 0 radical (unpaired) electrons. The second-order valence-electron chi connectivity index (χ2n) is 9.31. The number of nitrogens with one attached hydrogen (secondary N) is 3. The van der Waals surface area contributed by atoms with E-state index in [1.807, 2.05) is 37.3 Å². The molecule has 1 fully saturated rings. The summed E-state index contributed by atoms with van der Waals surface area (Å²) in [5, 5.41) is 9.87. The Bertz CT molecular complexity index is 1410. The largest absolute Gasteiger partial charge is 0.469 e. The van der Waals surface area contributed by atoms with Crippen LogP contribution in [0.2, 0.25) is 0 Å². The molecule has 0 spiro atoms. The maximum atomic E-state index is 11.6. The fourth-order valence-corrected chi connectivity index (χ4v) is 4.38. The van der Waals surface area contributed by atoms with Crippen molar-refractivity contribution in [1.29, 1.82) is 0 Å². The molecular formula is C28H31N9O2. The van der Waals surface area contributed by atoms with Gasteiger partial charge in [0, 0.05) is 56.0 Å². The summed E-state index contributed by atoms with van der Waals surface area (Å²) in [6.07, 6.45) is 3.76. The number of carbonyl (C=O) groups is 1. The lowest BCUT2D eigenvalue weighted by Crippen LogP contribution is -2.51. The molecule has 200 valence electrons. The van der Waals surface area contributed by atoms with Gasteiger partial charge in [-0.2, -0.15) is 4.98 Å². The fraction of sp³-hybridized carbons (Fsp3) is 0.286. The zero-order valence-electron chi connectivity index (χ0n) is 22.0. The van der Waals surface area contributed by atoms with Crippen LogP contribution in [0.3, 0.4) is 0 Å². The zero-order chi connectivity index (χ0) is 27.0. The third-order valence-corrected chi connectivity index (χ3v) is 6.28. The summed E-state index contributed by atoms with van der Waals surface area (Å²) in [6, 6.07) is 17.6. The lowest BCUT2D eigenvalue weighted by Gasteiger charge is -2.33. The van der Waals surface area contributed by atoms with E-state index in [0.717, 1.165) is 37.6 Å². The summed E-state index contributed by atoms with van der Waals surface area (Å²) in [7, 11) is 1.43. The number of hydrogen-bond donors (Lipinski definition) is 3. The van der Waals surface area contributed by atoms with Crippen molar-refractivity contribution in [1.82, 2.24) is 35.1 Å². The van der Waals surface area contributed by atoms with E-state index in [2.05, 4.69) is 57.9 Å². The number of nitrogens with zero attached hydrogens (tertiary/aromatic N) is 6. The second-order valence-corrected chi connectivity index (χ2v) is 9.31. The van der Waals surface area contributed by atoms with E-state index in [1.54, 1.807) is 24.5 Å². The highest BCUT2D eigenvalue weighted by atomic mass is 16.5. The molecule has 0 amide bonds. The Morgan fingerprint density at radius 3 is 2.59 bits per heavy atom. The molecular weight excluding hydrogens is 494 g/mol. The minimum Gasteiger partial charge on any atom is -0.469 e. The van der Waals surface area contributed by atoms with Crippen molar-refractivity contribution in [2.75, 3.05) is 37.4 Å². The van der Waals surface area contributed by atoms with Gasteiger partial charge in [0.15, 0.2) is 5.82 Å². The van der Waals surface area contributed by atoms with Crippen LogP contribution in [-0.2, 0) is 16.1 Å². The number of anilines is 4. The molecule has 39 heavy (non-hydrogen) atoms. The average molecular weight is 526 g/mol. The summed E-state index contributed by atoms with van der Waals surface area (Å²) in [6.45, 7) is 5.33. The van der Waals surface area contributed by atoms with Gasteiger partial charge in [-0.15, -0.1) is 0 Å². The van der Waals surface area contributed by atoms with Crippen LogP contribution in [0.5, 0.6) is 0 Å². The molecule has 1 aliphatic heterocycles. The van der Waals surface area contributed by atoms with Gasteiger partial charge in [-0.25, -0.2) is 19.9 Å². The monoisotopic (exact) mass is 525 g/mol. The van der Waals surface area contributed by atoms with Crippen LogP contribution in [0.1, 0.15) is 17.7 Å². The van der Waals surface area contributed by atoms with Gasteiger partial charge in [-0.3, -0.25) is 9.69 Å². The molecule has 1 saturated heterocycles. The Morgan fingerprint density at radius 2 is 1.79 bits per heavy atom. The third-order valence-electron chi connectivity index (χ3n) is 6.28. The summed E-state index contributed by atoms with van der Waals surface area (Å²) < 4.78 is 4.80. The first-order valence-electron chi connectivity index (χ1n) is 12.8. The Hall–Kier alpha value is -4.48. The van der Waals surface area contributed by atoms with Gasteiger partial charge < -0.3 is 20.7 Å². The van der Waals surface area contributed by atoms with E-state index in [4.69, 9.17) is 4.74 Å². The number of piperazine rings is 1. The summed E-state index contributed by atoms with van der Waals surface area (Å²) >= 11 is 0. The lowest BCUT2D eigenvalue weighted by atomic mass is 10.1. The number of aromatic nitrogens is 5. The fourth-order valence-electron chi connectivity index (χ4n) is 4.38.